The number of carboxylic acid groups (broad SMARTS) is 1. The molecule has 0 radical (unpaired) electrons. The number of carbonyl (C=O) groups excluding carboxylic acids is 3. The van der Waals surface area contributed by atoms with Crippen molar-refractivity contribution in [2.24, 2.45) is 0 Å². The molecule has 1 fully saturated rings. The average molecular weight is 414 g/mol. The van der Waals surface area contributed by atoms with Crippen LogP contribution in [0.3, 0.4) is 0 Å². The largest absolute Gasteiger partial charge is 0.507 e. The number of benzene rings is 2. The fraction of sp³-hybridized carbons (Fsp3) is 0.200. The van der Waals surface area contributed by atoms with Gasteiger partial charge < -0.3 is 15.5 Å². The van der Waals surface area contributed by atoms with Gasteiger partial charge in [0.2, 0.25) is 11.8 Å². The molecule has 150 valence electrons. The molecule has 0 saturated carbocycles. The van der Waals surface area contributed by atoms with Crippen molar-refractivity contribution in [3.63, 3.8) is 0 Å². The number of nitrogens with one attached hydrogen (secondary N) is 1. The molecule has 9 heteroatoms. The molecular weight excluding hydrogens is 396 g/mol. The van der Waals surface area contributed by atoms with Gasteiger partial charge in [0.25, 0.3) is 5.24 Å². The summed E-state index contributed by atoms with van der Waals surface area (Å²) in [6.07, 6.45) is 0.600. The number of rotatable bonds is 6. The van der Waals surface area contributed by atoms with Gasteiger partial charge in [0.05, 0.1) is 5.69 Å². The molecule has 29 heavy (non-hydrogen) atoms. The van der Waals surface area contributed by atoms with E-state index in [0.29, 0.717) is 5.69 Å². The number of carbonyl (C=O) groups is 4. The minimum absolute atomic E-state index is 0.186. The Morgan fingerprint density at radius 3 is 2.41 bits per heavy atom. The number of anilines is 2. The van der Waals surface area contributed by atoms with Crippen molar-refractivity contribution < 1.29 is 29.4 Å². The van der Waals surface area contributed by atoms with Crippen molar-refractivity contribution in [3.05, 3.63) is 53.6 Å². The van der Waals surface area contributed by atoms with Gasteiger partial charge in [0.15, 0.2) is 0 Å². The predicted octanol–water partition coefficient (Wildman–Crippen LogP) is 3.25. The lowest BCUT2D eigenvalue weighted by Gasteiger charge is -2.14. The van der Waals surface area contributed by atoms with E-state index in [0.717, 1.165) is 40.8 Å². The number of amides is 3. The fourth-order valence-corrected chi connectivity index (χ4v) is 3.86. The fourth-order valence-electron chi connectivity index (χ4n) is 2.87. The van der Waals surface area contributed by atoms with Crippen LogP contribution in [0.15, 0.2) is 42.5 Å². The van der Waals surface area contributed by atoms with Crippen LogP contribution in [0, 0.1) is 0 Å². The first-order valence-corrected chi connectivity index (χ1v) is 9.67. The lowest BCUT2D eigenvalue weighted by atomic mass is 10.1. The van der Waals surface area contributed by atoms with Crippen molar-refractivity contribution >= 4 is 46.2 Å². The van der Waals surface area contributed by atoms with Crippen LogP contribution in [-0.4, -0.2) is 38.5 Å². The zero-order valence-corrected chi connectivity index (χ0v) is 16.2. The zero-order chi connectivity index (χ0) is 21.1. The first kappa shape index (κ1) is 20.4. The van der Waals surface area contributed by atoms with E-state index in [2.05, 4.69) is 5.32 Å². The Labute approximate surface area is 170 Å². The van der Waals surface area contributed by atoms with Gasteiger partial charge in [0.1, 0.15) is 16.6 Å². The minimum atomic E-state index is -1.29. The van der Waals surface area contributed by atoms with Crippen molar-refractivity contribution in [1.29, 1.82) is 0 Å². The highest BCUT2D eigenvalue weighted by Crippen LogP contribution is 2.34. The van der Waals surface area contributed by atoms with E-state index in [1.54, 1.807) is 12.1 Å². The summed E-state index contributed by atoms with van der Waals surface area (Å²) in [6.45, 7) is 2.00. The summed E-state index contributed by atoms with van der Waals surface area (Å²) in [6, 6.07) is 10.7. The number of thioether (sulfide) groups is 1. The molecule has 2 aromatic rings. The van der Waals surface area contributed by atoms with Crippen LogP contribution in [0.4, 0.5) is 16.2 Å². The smallest absolute Gasteiger partial charge is 0.339 e. The van der Waals surface area contributed by atoms with Gasteiger partial charge in [-0.15, -0.1) is 0 Å². The van der Waals surface area contributed by atoms with E-state index < -0.39 is 34.0 Å². The second kappa shape index (κ2) is 8.36. The second-order valence-corrected chi connectivity index (χ2v) is 7.51. The van der Waals surface area contributed by atoms with Crippen LogP contribution < -0.4 is 10.2 Å². The van der Waals surface area contributed by atoms with Gasteiger partial charge in [-0.05, 0) is 48.0 Å². The number of aromatic hydroxyl groups is 1. The Morgan fingerprint density at radius 2 is 1.83 bits per heavy atom. The number of hydrogen-bond acceptors (Lipinski definition) is 6. The van der Waals surface area contributed by atoms with Crippen molar-refractivity contribution in [2.75, 3.05) is 10.2 Å². The topological polar surface area (TPSA) is 124 Å². The van der Waals surface area contributed by atoms with Gasteiger partial charge in [-0.1, -0.05) is 19.1 Å². The second-order valence-electron chi connectivity index (χ2n) is 6.36. The summed E-state index contributed by atoms with van der Waals surface area (Å²) in [5.41, 5.74) is 1.43. The van der Waals surface area contributed by atoms with E-state index in [1.165, 1.54) is 6.07 Å². The highest BCUT2D eigenvalue weighted by Gasteiger charge is 2.41. The van der Waals surface area contributed by atoms with Crippen molar-refractivity contribution in [3.8, 4) is 5.75 Å². The summed E-state index contributed by atoms with van der Waals surface area (Å²) in [7, 11) is 0. The molecule has 3 amide bonds. The highest BCUT2D eigenvalue weighted by atomic mass is 32.2. The normalized spacial score (nSPS) is 16.2. The number of carboxylic acids is 1. The first-order chi connectivity index (χ1) is 13.8. The summed E-state index contributed by atoms with van der Waals surface area (Å²) >= 11 is 0.784. The molecule has 0 aromatic heterocycles. The number of aryl methyl sites for hydroxylation is 1. The number of aromatic carboxylic acids is 1. The van der Waals surface area contributed by atoms with Gasteiger partial charge >= 0.3 is 5.97 Å². The van der Waals surface area contributed by atoms with Crippen LogP contribution >= 0.6 is 11.8 Å². The molecule has 1 aliphatic heterocycles. The Hall–Kier alpha value is -3.33. The molecule has 1 aliphatic rings. The highest BCUT2D eigenvalue weighted by molar-refractivity contribution is 8.15. The maximum absolute atomic E-state index is 12.6. The molecule has 1 heterocycles. The zero-order valence-electron chi connectivity index (χ0n) is 15.4. The van der Waals surface area contributed by atoms with Crippen molar-refractivity contribution in [2.45, 2.75) is 25.0 Å². The first-order valence-electron chi connectivity index (χ1n) is 8.79. The average Bonchev–Trinajstić information content (AvgIpc) is 2.94. The van der Waals surface area contributed by atoms with Gasteiger partial charge in [0, 0.05) is 18.2 Å². The minimum Gasteiger partial charge on any atom is -0.507 e. The lowest BCUT2D eigenvalue weighted by Crippen LogP contribution is -2.32. The molecule has 2 aromatic carbocycles. The number of phenols is 1. The van der Waals surface area contributed by atoms with Gasteiger partial charge in [-0.2, -0.15) is 0 Å². The molecule has 0 aliphatic carbocycles. The Bertz CT molecular complexity index is 989. The summed E-state index contributed by atoms with van der Waals surface area (Å²) < 4.78 is 0. The monoisotopic (exact) mass is 414 g/mol. The third kappa shape index (κ3) is 4.40. The van der Waals surface area contributed by atoms with E-state index in [1.807, 2.05) is 19.1 Å². The number of hydrogen-bond donors (Lipinski definition) is 3. The van der Waals surface area contributed by atoms with E-state index in [9.17, 15) is 24.3 Å². The Kier molecular flexibility index (Phi) is 5.88. The molecule has 3 rings (SSSR count). The lowest BCUT2D eigenvalue weighted by molar-refractivity contribution is -0.121. The van der Waals surface area contributed by atoms with E-state index >= 15 is 0 Å². The van der Waals surface area contributed by atoms with Crippen LogP contribution in [0.25, 0.3) is 0 Å². The van der Waals surface area contributed by atoms with Gasteiger partial charge in [-0.25, -0.2) is 9.69 Å². The number of imide groups is 1. The van der Waals surface area contributed by atoms with Crippen LogP contribution in [0.2, 0.25) is 0 Å². The SMILES string of the molecule is CCc1ccc(N2C(=O)SC(CC(=O)Nc3ccc(C(=O)O)c(O)c3)C2=O)cc1. The third-order valence-electron chi connectivity index (χ3n) is 4.41. The predicted molar refractivity (Wildman–Crippen MR) is 108 cm³/mol. The number of nitrogens with zero attached hydrogens (tertiary/aromatic N) is 1. The van der Waals surface area contributed by atoms with Gasteiger partial charge in [-0.3, -0.25) is 14.4 Å². The van der Waals surface area contributed by atoms with Crippen LogP contribution in [-0.2, 0) is 16.0 Å². The molecule has 1 saturated heterocycles. The summed E-state index contributed by atoms with van der Waals surface area (Å²) in [5.74, 6) is -2.78. The Balaban J connectivity index is 1.66. The molecule has 1 atom stereocenters. The maximum atomic E-state index is 12.6. The van der Waals surface area contributed by atoms with Crippen LogP contribution in [0.1, 0.15) is 29.3 Å². The molecule has 8 nitrogen and oxygen atoms in total. The molecular formula is C20H18N2O6S. The van der Waals surface area contributed by atoms with Crippen molar-refractivity contribution in [1.82, 2.24) is 0 Å². The van der Waals surface area contributed by atoms with E-state index in [4.69, 9.17) is 5.11 Å². The molecule has 1 unspecified atom stereocenters. The third-order valence-corrected chi connectivity index (χ3v) is 5.44. The summed E-state index contributed by atoms with van der Waals surface area (Å²) in [4.78, 5) is 49.2. The quantitative estimate of drug-likeness (QED) is 0.663. The molecule has 0 spiro atoms. The summed E-state index contributed by atoms with van der Waals surface area (Å²) in [5, 5.41) is 19.8. The van der Waals surface area contributed by atoms with Crippen LogP contribution in [0.5, 0.6) is 5.75 Å². The standard InChI is InChI=1S/C20H18N2O6S/c1-2-11-3-6-13(7-4-11)22-18(25)16(29-20(22)28)10-17(24)21-12-5-8-14(19(26)27)15(23)9-12/h3-9,16,23H,2,10H2,1H3,(H,21,24)(H,26,27). The van der Waals surface area contributed by atoms with E-state index in [-0.39, 0.29) is 17.7 Å². The molecule has 3 N–H and O–H groups in total. The maximum Gasteiger partial charge on any atom is 0.339 e. The Morgan fingerprint density at radius 1 is 1.14 bits per heavy atom. The molecule has 0 bridgehead atoms.